The minimum absolute atomic E-state index is 1.09. The van der Waals surface area contributed by atoms with Crippen LogP contribution in [0.25, 0.3) is 0 Å². The zero-order valence-electron chi connectivity index (χ0n) is 7.56. The van der Waals surface area contributed by atoms with E-state index in [-0.39, 0.29) is 0 Å². The van der Waals surface area contributed by atoms with E-state index in [9.17, 15) is 0 Å². The molecule has 10 heavy (non-hydrogen) atoms. The normalized spacial score (nSPS) is 41.7. The quantitative estimate of drug-likeness (QED) is 0.483. The first kappa shape index (κ1) is 8.10. The Hall–Kier alpha value is 0. The highest BCUT2D eigenvalue weighted by atomic mass is 14.5. The summed E-state index contributed by atoms with van der Waals surface area (Å²) in [6.45, 7) is 6.65. The molecular formula is C10H20. The highest BCUT2D eigenvalue weighted by molar-refractivity contribution is 4.95. The first-order chi connectivity index (χ1) is 4.79. The van der Waals surface area contributed by atoms with E-state index in [2.05, 4.69) is 20.8 Å². The van der Waals surface area contributed by atoms with Crippen molar-refractivity contribution in [2.75, 3.05) is 0 Å². The number of fused-ring (bicyclic) bond motifs is 1. The van der Waals surface area contributed by atoms with Crippen molar-refractivity contribution >= 4 is 0 Å². The van der Waals surface area contributed by atoms with Gasteiger partial charge in [0, 0.05) is 0 Å². The van der Waals surface area contributed by atoms with Gasteiger partial charge in [0.2, 0.25) is 0 Å². The van der Waals surface area contributed by atoms with E-state index >= 15 is 0 Å². The minimum Gasteiger partial charge on any atom is -0.0656 e. The second kappa shape index (κ2) is 3.41. The second-order valence-electron chi connectivity index (χ2n) is 3.92. The van der Waals surface area contributed by atoms with Crippen LogP contribution in [0, 0.1) is 17.8 Å². The predicted molar refractivity (Wildman–Crippen MR) is 46.0 cm³/mol. The molecule has 3 unspecified atom stereocenters. The van der Waals surface area contributed by atoms with Gasteiger partial charge in [0.1, 0.15) is 0 Å². The first-order valence-electron chi connectivity index (χ1n) is 4.79. The van der Waals surface area contributed by atoms with Crippen LogP contribution in [0.2, 0.25) is 0 Å². The number of hydrogen-bond acceptors (Lipinski definition) is 0. The van der Waals surface area contributed by atoms with Gasteiger partial charge in [-0.2, -0.15) is 0 Å². The molecule has 0 aromatic heterocycles. The van der Waals surface area contributed by atoms with E-state index in [1.807, 2.05) is 0 Å². The molecule has 0 heterocycles. The van der Waals surface area contributed by atoms with E-state index in [4.69, 9.17) is 0 Å². The molecule has 3 atom stereocenters. The SMILES string of the molecule is CC1CCC2CC12.CCC. The summed E-state index contributed by atoms with van der Waals surface area (Å²) in [5.41, 5.74) is 0. The van der Waals surface area contributed by atoms with Crippen LogP contribution < -0.4 is 0 Å². The molecule has 0 aliphatic heterocycles. The summed E-state index contributed by atoms with van der Waals surface area (Å²) in [7, 11) is 0. The van der Waals surface area contributed by atoms with Gasteiger partial charge in [0.05, 0.1) is 0 Å². The Labute approximate surface area is 65.0 Å². The summed E-state index contributed by atoms with van der Waals surface area (Å²) in [6.07, 6.45) is 5.89. The fraction of sp³-hybridized carbons (Fsp3) is 1.00. The zero-order valence-corrected chi connectivity index (χ0v) is 7.56. The topological polar surface area (TPSA) is 0 Å². The third kappa shape index (κ3) is 1.74. The molecule has 0 amide bonds. The van der Waals surface area contributed by atoms with Crippen molar-refractivity contribution in [1.82, 2.24) is 0 Å². The molecule has 2 aliphatic rings. The third-order valence-electron chi connectivity index (χ3n) is 2.70. The largest absolute Gasteiger partial charge is 0.0656 e. The highest BCUT2D eigenvalue weighted by Gasteiger charge is 2.45. The molecule has 2 fully saturated rings. The molecule has 0 heteroatoms. The van der Waals surface area contributed by atoms with Crippen LogP contribution >= 0.6 is 0 Å². The third-order valence-corrected chi connectivity index (χ3v) is 2.70. The van der Waals surface area contributed by atoms with Gasteiger partial charge in [-0.25, -0.2) is 0 Å². The maximum absolute atomic E-state index is 2.40. The van der Waals surface area contributed by atoms with Crippen LogP contribution in [0.15, 0.2) is 0 Å². The molecule has 2 saturated carbocycles. The first-order valence-corrected chi connectivity index (χ1v) is 4.79. The molecule has 0 N–H and O–H groups in total. The lowest BCUT2D eigenvalue weighted by Crippen LogP contribution is -1.88. The minimum atomic E-state index is 1.09. The van der Waals surface area contributed by atoms with Gasteiger partial charge in [-0.05, 0) is 30.6 Å². The van der Waals surface area contributed by atoms with Crippen LogP contribution in [0.4, 0.5) is 0 Å². The molecule has 60 valence electrons. The molecule has 2 rings (SSSR count). The van der Waals surface area contributed by atoms with Gasteiger partial charge in [-0.1, -0.05) is 33.6 Å². The monoisotopic (exact) mass is 140 g/mol. The fourth-order valence-electron chi connectivity index (χ4n) is 1.99. The Balaban J connectivity index is 0.000000148. The summed E-state index contributed by atoms with van der Waals surface area (Å²) < 4.78 is 0. The summed E-state index contributed by atoms with van der Waals surface area (Å²) >= 11 is 0. The predicted octanol–water partition coefficient (Wildman–Crippen LogP) is 3.47. The molecular weight excluding hydrogens is 120 g/mol. The smallest absolute Gasteiger partial charge is 0.0357 e. The Morgan fingerprint density at radius 3 is 1.90 bits per heavy atom. The molecule has 0 saturated heterocycles. The van der Waals surface area contributed by atoms with E-state index in [1.54, 1.807) is 12.8 Å². The molecule has 0 aromatic rings. The van der Waals surface area contributed by atoms with E-state index in [0.29, 0.717) is 0 Å². The van der Waals surface area contributed by atoms with Gasteiger partial charge < -0.3 is 0 Å². The highest BCUT2D eigenvalue weighted by Crippen LogP contribution is 2.54. The van der Waals surface area contributed by atoms with Crippen molar-refractivity contribution in [1.29, 1.82) is 0 Å². The maximum atomic E-state index is 2.40. The van der Waals surface area contributed by atoms with Crippen molar-refractivity contribution in [2.24, 2.45) is 17.8 Å². The molecule has 2 aliphatic carbocycles. The fourth-order valence-corrected chi connectivity index (χ4v) is 1.99. The van der Waals surface area contributed by atoms with Crippen molar-refractivity contribution in [3.05, 3.63) is 0 Å². The van der Waals surface area contributed by atoms with E-state index < -0.39 is 0 Å². The Morgan fingerprint density at radius 1 is 1.20 bits per heavy atom. The van der Waals surface area contributed by atoms with Gasteiger partial charge in [0.15, 0.2) is 0 Å². The van der Waals surface area contributed by atoms with Crippen molar-refractivity contribution in [3.63, 3.8) is 0 Å². The molecule has 0 radical (unpaired) electrons. The van der Waals surface area contributed by atoms with Crippen LogP contribution in [-0.4, -0.2) is 0 Å². The zero-order chi connectivity index (χ0) is 7.56. The maximum Gasteiger partial charge on any atom is -0.0357 e. The standard InChI is InChI=1S/C7H12.C3H8/c1-5-2-3-6-4-7(5)6;1-3-2/h5-7H,2-4H2,1H3;3H2,1-2H3. The lowest BCUT2D eigenvalue weighted by atomic mass is 10.1. The number of rotatable bonds is 0. The summed E-state index contributed by atoms with van der Waals surface area (Å²) in [6, 6.07) is 0. The number of hydrogen-bond donors (Lipinski definition) is 0. The van der Waals surface area contributed by atoms with Crippen LogP contribution in [0.5, 0.6) is 0 Å². The molecule has 0 aromatic carbocycles. The summed E-state index contributed by atoms with van der Waals surface area (Å²) in [4.78, 5) is 0. The van der Waals surface area contributed by atoms with Crippen molar-refractivity contribution in [2.45, 2.75) is 46.5 Å². The lowest BCUT2D eigenvalue weighted by molar-refractivity contribution is 0.530. The van der Waals surface area contributed by atoms with Crippen molar-refractivity contribution in [3.8, 4) is 0 Å². The van der Waals surface area contributed by atoms with E-state index in [1.165, 1.54) is 24.7 Å². The second-order valence-corrected chi connectivity index (χ2v) is 3.92. The summed E-state index contributed by atoms with van der Waals surface area (Å²) in [5.74, 6) is 3.46. The Kier molecular flexibility index (Phi) is 2.76. The summed E-state index contributed by atoms with van der Waals surface area (Å²) in [5, 5.41) is 0. The average Bonchev–Trinajstić information content (AvgIpc) is 2.57. The molecule has 0 nitrogen and oxygen atoms in total. The van der Waals surface area contributed by atoms with Crippen LogP contribution in [0.1, 0.15) is 46.5 Å². The van der Waals surface area contributed by atoms with Gasteiger partial charge in [-0.3, -0.25) is 0 Å². The Morgan fingerprint density at radius 2 is 1.80 bits per heavy atom. The van der Waals surface area contributed by atoms with Crippen molar-refractivity contribution < 1.29 is 0 Å². The van der Waals surface area contributed by atoms with E-state index in [0.717, 1.165) is 5.92 Å². The van der Waals surface area contributed by atoms with Crippen LogP contribution in [0.3, 0.4) is 0 Å². The van der Waals surface area contributed by atoms with Gasteiger partial charge in [0.25, 0.3) is 0 Å². The average molecular weight is 140 g/mol. The van der Waals surface area contributed by atoms with Gasteiger partial charge >= 0.3 is 0 Å². The van der Waals surface area contributed by atoms with Gasteiger partial charge in [-0.15, -0.1) is 0 Å². The molecule has 0 bridgehead atoms. The lowest BCUT2D eigenvalue weighted by Gasteiger charge is -1.98. The Bertz CT molecular complexity index is 96.2. The molecule has 0 spiro atoms. The van der Waals surface area contributed by atoms with Crippen LogP contribution in [-0.2, 0) is 0 Å².